The molecule has 0 unspecified atom stereocenters. The molecule has 5 heteroatoms. The van der Waals surface area contributed by atoms with Gasteiger partial charge in [-0.3, -0.25) is 4.79 Å². The lowest BCUT2D eigenvalue weighted by atomic mass is 10.1. The zero-order valence-electron chi connectivity index (χ0n) is 11.6. The Balaban J connectivity index is 2.45. The molecule has 0 bridgehead atoms. The summed E-state index contributed by atoms with van der Waals surface area (Å²) in [5.74, 6) is -0.190. The van der Waals surface area contributed by atoms with Crippen LogP contribution in [0.25, 0.3) is 0 Å². The Morgan fingerprint density at radius 3 is 2.32 bits per heavy atom. The maximum absolute atomic E-state index is 11.7. The van der Waals surface area contributed by atoms with Crippen molar-refractivity contribution >= 4 is 11.9 Å². The van der Waals surface area contributed by atoms with Gasteiger partial charge >= 0.3 is 6.03 Å². The van der Waals surface area contributed by atoms with Crippen molar-refractivity contribution in [2.24, 2.45) is 0 Å². The van der Waals surface area contributed by atoms with Gasteiger partial charge in [0.15, 0.2) is 0 Å². The van der Waals surface area contributed by atoms with E-state index in [4.69, 9.17) is 0 Å². The van der Waals surface area contributed by atoms with E-state index in [1.165, 1.54) is 0 Å². The quantitative estimate of drug-likeness (QED) is 0.754. The van der Waals surface area contributed by atoms with Crippen molar-refractivity contribution in [3.63, 3.8) is 0 Å². The van der Waals surface area contributed by atoms with E-state index in [-0.39, 0.29) is 18.0 Å². The number of hydrogen-bond donors (Lipinski definition) is 3. The van der Waals surface area contributed by atoms with E-state index < -0.39 is 6.04 Å². The number of hydrogen-bond acceptors (Lipinski definition) is 2. The predicted molar refractivity (Wildman–Crippen MR) is 74.7 cm³/mol. The molecule has 0 aliphatic carbocycles. The lowest BCUT2D eigenvalue weighted by molar-refractivity contribution is -0.122. The first kappa shape index (κ1) is 15.0. The highest BCUT2D eigenvalue weighted by Crippen LogP contribution is 2.10. The third-order valence-corrected chi connectivity index (χ3v) is 2.74. The summed E-state index contributed by atoms with van der Waals surface area (Å²) in [7, 11) is 0. The summed E-state index contributed by atoms with van der Waals surface area (Å²) in [6, 6.07) is 8.63. The van der Waals surface area contributed by atoms with Crippen LogP contribution in [0.4, 0.5) is 4.79 Å². The van der Waals surface area contributed by atoms with Crippen LogP contribution in [-0.2, 0) is 4.79 Å². The zero-order valence-corrected chi connectivity index (χ0v) is 11.6. The van der Waals surface area contributed by atoms with Gasteiger partial charge in [-0.2, -0.15) is 0 Å². The summed E-state index contributed by atoms with van der Waals surface area (Å²) in [5, 5.41) is 8.05. The average molecular weight is 263 g/mol. The van der Waals surface area contributed by atoms with E-state index in [0.717, 1.165) is 5.56 Å². The summed E-state index contributed by atoms with van der Waals surface area (Å²) in [6.45, 7) is 5.93. The third kappa shape index (κ3) is 4.99. The van der Waals surface area contributed by atoms with Gasteiger partial charge in [-0.15, -0.1) is 0 Å². The summed E-state index contributed by atoms with van der Waals surface area (Å²) >= 11 is 0. The van der Waals surface area contributed by atoms with Crippen LogP contribution in [-0.4, -0.2) is 24.5 Å². The second-order valence-electron chi connectivity index (χ2n) is 4.37. The fourth-order valence-corrected chi connectivity index (χ4v) is 1.65. The molecule has 5 nitrogen and oxygen atoms in total. The molecule has 104 valence electrons. The number of amides is 3. The first-order valence-electron chi connectivity index (χ1n) is 6.44. The number of carbonyl (C=O) groups excluding carboxylic acids is 2. The molecule has 19 heavy (non-hydrogen) atoms. The normalized spacial score (nSPS) is 13.2. The van der Waals surface area contributed by atoms with E-state index in [1.54, 1.807) is 6.92 Å². The molecule has 0 aliphatic heterocycles. The van der Waals surface area contributed by atoms with Crippen molar-refractivity contribution in [3.8, 4) is 0 Å². The van der Waals surface area contributed by atoms with Gasteiger partial charge in [-0.05, 0) is 26.3 Å². The lowest BCUT2D eigenvalue weighted by Gasteiger charge is -2.18. The Morgan fingerprint density at radius 1 is 1.11 bits per heavy atom. The van der Waals surface area contributed by atoms with E-state index in [2.05, 4.69) is 16.0 Å². The maximum Gasteiger partial charge on any atom is 0.315 e. The number of nitrogens with one attached hydrogen (secondary N) is 3. The molecule has 1 rings (SSSR count). The minimum Gasteiger partial charge on any atom is -0.355 e. The number of rotatable bonds is 5. The second-order valence-corrected chi connectivity index (χ2v) is 4.37. The Hall–Kier alpha value is -2.04. The molecule has 0 aromatic heterocycles. The first-order chi connectivity index (χ1) is 9.04. The van der Waals surface area contributed by atoms with Crippen LogP contribution in [0.3, 0.4) is 0 Å². The lowest BCUT2D eigenvalue weighted by Crippen LogP contribution is -2.48. The van der Waals surface area contributed by atoms with Crippen LogP contribution < -0.4 is 16.0 Å². The summed E-state index contributed by atoms with van der Waals surface area (Å²) in [4.78, 5) is 23.2. The van der Waals surface area contributed by atoms with Gasteiger partial charge in [0.25, 0.3) is 0 Å². The van der Waals surface area contributed by atoms with E-state index in [1.807, 2.05) is 44.2 Å². The summed E-state index contributed by atoms with van der Waals surface area (Å²) < 4.78 is 0. The van der Waals surface area contributed by atoms with Gasteiger partial charge in [0.1, 0.15) is 6.04 Å². The highest BCUT2D eigenvalue weighted by Gasteiger charge is 2.16. The van der Waals surface area contributed by atoms with Crippen LogP contribution in [0.1, 0.15) is 32.4 Å². The molecule has 0 saturated carbocycles. The highest BCUT2D eigenvalue weighted by atomic mass is 16.2. The average Bonchev–Trinajstić information content (AvgIpc) is 2.39. The molecule has 0 aliphatic rings. The van der Waals surface area contributed by atoms with Crippen molar-refractivity contribution in [3.05, 3.63) is 35.9 Å². The third-order valence-electron chi connectivity index (χ3n) is 2.74. The van der Waals surface area contributed by atoms with Gasteiger partial charge in [0.05, 0.1) is 6.04 Å². The van der Waals surface area contributed by atoms with Crippen molar-refractivity contribution < 1.29 is 9.59 Å². The van der Waals surface area contributed by atoms with Crippen LogP contribution in [0.5, 0.6) is 0 Å². The van der Waals surface area contributed by atoms with Crippen molar-refractivity contribution in [1.82, 2.24) is 16.0 Å². The maximum atomic E-state index is 11.7. The molecule has 1 aromatic carbocycles. The Labute approximate surface area is 113 Å². The minimum atomic E-state index is -0.553. The number of carbonyl (C=O) groups is 2. The van der Waals surface area contributed by atoms with Gasteiger partial charge in [-0.25, -0.2) is 4.79 Å². The molecular weight excluding hydrogens is 242 g/mol. The number of likely N-dealkylation sites (N-methyl/N-ethyl adjacent to an activating group) is 1. The van der Waals surface area contributed by atoms with E-state index in [0.29, 0.717) is 6.54 Å². The van der Waals surface area contributed by atoms with Gasteiger partial charge < -0.3 is 16.0 Å². The molecule has 3 N–H and O–H groups in total. The largest absolute Gasteiger partial charge is 0.355 e. The van der Waals surface area contributed by atoms with Crippen LogP contribution >= 0.6 is 0 Å². The zero-order chi connectivity index (χ0) is 14.3. The van der Waals surface area contributed by atoms with Crippen LogP contribution in [0, 0.1) is 0 Å². The van der Waals surface area contributed by atoms with Gasteiger partial charge in [0, 0.05) is 6.54 Å². The second kappa shape index (κ2) is 7.41. The standard InChI is InChI=1S/C14H21N3O2/c1-4-15-13(18)11(3)17-14(19)16-10(2)12-8-6-5-7-9-12/h5-11H,4H2,1-3H3,(H,15,18)(H2,16,17,19)/t10-,11-/m0/s1. The molecule has 0 radical (unpaired) electrons. The van der Waals surface area contributed by atoms with Crippen LogP contribution in [0.15, 0.2) is 30.3 Å². The monoisotopic (exact) mass is 263 g/mol. The summed E-state index contributed by atoms with van der Waals surface area (Å²) in [5.41, 5.74) is 1.02. The topological polar surface area (TPSA) is 70.2 Å². The van der Waals surface area contributed by atoms with Crippen molar-refractivity contribution in [2.45, 2.75) is 32.9 Å². The number of urea groups is 1. The predicted octanol–water partition coefficient (Wildman–Crippen LogP) is 1.57. The molecular formula is C14H21N3O2. The SMILES string of the molecule is CCNC(=O)[C@H](C)NC(=O)N[C@@H](C)c1ccccc1. The summed E-state index contributed by atoms with van der Waals surface area (Å²) in [6.07, 6.45) is 0. The molecule has 0 fully saturated rings. The smallest absolute Gasteiger partial charge is 0.315 e. The molecule has 0 heterocycles. The highest BCUT2D eigenvalue weighted by molar-refractivity contribution is 5.86. The number of benzene rings is 1. The van der Waals surface area contributed by atoms with Gasteiger partial charge in [-0.1, -0.05) is 30.3 Å². The van der Waals surface area contributed by atoms with Crippen molar-refractivity contribution in [2.75, 3.05) is 6.54 Å². The van der Waals surface area contributed by atoms with Gasteiger partial charge in [0.2, 0.25) is 5.91 Å². The van der Waals surface area contributed by atoms with Crippen LogP contribution in [0.2, 0.25) is 0 Å². The molecule has 0 spiro atoms. The van der Waals surface area contributed by atoms with E-state index in [9.17, 15) is 9.59 Å². The first-order valence-corrected chi connectivity index (χ1v) is 6.44. The molecule has 3 amide bonds. The molecule has 2 atom stereocenters. The Bertz CT molecular complexity index is 420. The fraction of sp³-hybridized carbons (Fsp3) is 0.429. The fourth-order valence-electron chi connectivity index (χ4n) is 1.65. The molecule has 1 aromatic rings. The van der Waals surface area contributed by atoms with Crippen molar-refractivity contribution in [1.29, 1.82) is 0 Å². The molecule has 0 saturated heterocycles. The Morgan fingerprint density at radius 2 is 1.74 bits per heavy atom. The minimum absolute atomic E-state index is 0.109. The van der Waals surface area contributed by atoms with E-state index >= 15 is 0 Å². The Kier molecular flexibility index (Phi) is 5.85.